The number of amidine groups is 1. The Bertz CT molecular complexity index is 1220. The van der Waals surface area contributed by atoms with E-state index in [4.69, 9.17) is 22.1 Å². The number of nitro benzene ring substituents is 1. The van der Waals surface area contributed by atoms with Crippen LogP contribution in [0.2, 0.25) is 5.02 Å². The smallest absolute Gasteiger partial charge is 0.348 e. The lowest BCUT2D eigenvalue weighted by Crippen LogP contribution is -2.12. The molecule has 0 bridgehead atoms. The van der Waals surface area contributed by atoms with Gasteiger partial charge in [0.1, 0.15) is 17.1 Å². The molecule has 0 aliphatic rings. The Balaban J connectivity index is 1.80. The van der Waals surface area contributed by atoms with Crippen LogP contribution in [0.25, 0.3) is 0 Å². The number of non-ortho nitro benzene ring substituents is 1. The fourth-order valence-corrected chi connectivity index (χ4v) is 3.45. The van der Waals surface area contributed by atoms with Crippen molar-refractivity contribution in [2.75, 3.05) is 0 Å². The monoisotopic (exact) mass is 486 g/mol. The average molecular weight is 487 g/mol. The maximum Gasteiger partial charge on any atom is 0.348 e. The van der Waals surface area contributed by atoms with Gasteiger partial charge in [0.25, 0.3) is 5.69 Å². The van der Waals surface area contributed by atoms with Gasteiger partial charge in [-0.1, -0.05) is 59.8 Å². The second kappa shape index (κ2) is 11.2. The zero-order valence-electron chi connectivity index (χ0n) is 16.9. The maximum atomic E-state index is 14.0. The summed E-state index contributed by atoms with van der Waals surface area (Å²) in [6, 6.07) is 16.8. The van der Waals surface area contributed by atoms with E-state index in [9.17, 15) is 19.3 Å². The maximum absolute atomic E-state index is 14.0. The van der Waals surface area contributed by atoms with Gasteiger partial charge in [-0.2, -0.15) is 5.10 Å². The first kappa shape index (κ1) is 23.9. The average Bonchev–Trinajstić information content (AvgIpc) is 2.79. The van der Waals surface area contributed by atoms with Crippen molar-refractivity contribution >= 4 is 46.4 Å². The lowest BCUT2D eigenvalue weighted by Gasteiger charge is -2.09. The number of ether oxygens (including phenoxy) is 1. The van der Waals surface area contributed by atoms with E-state index < -0.39 is 22.3 Å². The van der Waals surface area contributed by atoms with Crippen LogP contribution >= 0.6 is 23.4 Å². The van der Waals surface area contributed by atoms with Crippen LogP contribution in [0, 0.1) is 15.9 Å². The highest BCUT2D eigenvalue weighted by Gasteiger charge is 2.20. The third-order valence-corrected chi connectivity index (χ3v) is 5.33. The zero-order valence-corrected chi connectivity index (χ0v) is 18.4. The Labute approximate surface area is 197 Å². The molecule has 0 aliphatic carbocycles. The Morgan fingerprint density at radius 2 is 1.94 bits per heavy atom. The number of rotatable bonds is 7. The molecular formula is C22H16ClFN4O4S. The van der Waals surface area contributed by atoms with E-state index in [-0.39, 0.29) is 27.2 Å². The van der Waals surface area contributed by atoms with Crippen molar-refractivity contribution in [1.29, 1.82) is 0 Å². The third-order valence-electron chi connectivity index (χ3n) is 4.16. The van der Waals surface area contributed by atoms with E-state index in [2.05, 4.69) is 10.2 Å². The first-order chi connectivity index (χ1) is 15.8. The van der Waals surface area contributed by atoms with Crippen LogP contribution in [0.3, 0.4) is 0 Å². The standard InChI is InChI=1S/C22H16ClFN4O4S/c23-17-7-4-8-18(24)20(17)21(29)32-19-10-9-16(28(30)31)11-15(19)12-26-27-22(25)33-13-14-5-2-1-3-6-14/h1-12H,13H2,(H2,25,27). The molecule has 3 aromatic rings. The van der Waals surface area contributed by atoms with E-state index in [0.717, 1.165) is 30.0 Å². The molecule has 0 saturated heterocycles. The summed E-state index contributed by atoms with van der Waals surface area (Å²) >= 11 is 7.15. The highest BCUT2D eigenvalue weighted by atomic mass is 35.5. The van der Waals surface area contributed by atoms with E-state index in [1.54, 1.807) is 0 Å². The molecule has 0 aromatic heterocycles. The Morgan fingerprint density at radius 3 is 2.64 bits per heavy atom. The van der Waals surface area contributed by atoms with Gasteiger partial charge in [-0.3, -0.25) is 10.1 Å². The Hall–Kier alpha value is -3.76. The number of halogens is 2. The molecule has 11 heteroatoms. The van der Waals surface area contributed by atoms with Crippen LogP contribution in [0.4, 0.5) is 10.1 Å². The number of hydrogen-bond donors (Lipinski definition) is 1. The number of esters is 1. The number of nitrogens with two attached hydrogens (primary N) is 1. The van der Waals surface area contributed by atoms with Crippen molar-refractivity contribution in [3.8, 4) is 5.75 Å². The van der Waals surface area contributed by atoms with Crippen molar-refractivity contribution in [2.45, 2.75) is 5.75 Å². The summed E-state index contributed by atoms with van der Waals surface area (Å²) in [6.07, 6.45) is 1.15. The second-order valence-electron chi connectivity index (χ2n) is 6.42. The van der Waals surface area contributed by atoms with E-state index in [1.807, 2.05) is 30.3 Å². The Kier molecular flexibility index (Phi) is 8.11. The minimum atomic E-state index is -1.07. The lowest BCUT2D eigenvalue weighted by molar-refractivity contribution is -0.384. The first-order valence-corrected chi connectivity index (χ1v) is 10.7. The van der Waals surface area contributed by atoms with Gasteiger partial charge >= 0.3 is 5.97 Å². The highest BCUT2D eigenvalue weighted by molar-refractivity contribution is 8.13. The fraction of sp³-hybridized carbons (Fsp3) is 0.0455. The summed E-state index contributed by atoms with van der Waals surface area (Å²) in [5.74, 6) is -1.45. The molecule has 0 atom stereocenters. The van der Waals surface area contributed by atoms with Crippen molar-refractivity contribution < 1.29 is 18.8 Å². The molecule has 0 fully saturated rings. The summed E-state index contributed by atoms with van der Waals surface area (Å²) in [5, 5.41) is 18.8. The molecule has 33 heavy (non-hydrogen) atoms. The minimum Gasteiger partial charge on any atom is -0.422 e. The zero-order chi connectivity index (χ0) is 23.8. The van der Waals surface area contributed by atoms with Crippen LogP contribution in [-0.4, -0.2) is 22.3 Å². The predicted octanol–water partition coefficient (Wildman–Crippen LogP) is 5.19. The number of hydrogen-bond acceptors (Lipinski definition) is 7. The molecule has 8 nitrogen and oxygen atoms in total. The quantitative estimate of drug-likeness (QED) is 0.122. The largest absolute Gasteiger partial charge is 0.422 e. The normalized spacial score (nSPS) is 11.5. The molecule has 3 aromatic carbocycles. The van der Waals surface area contributed by atoms with Gasteiger partial charge in [-0.25, -0.2) is 9.18 Å². The van der Waals surface area contributed by atoms with Gasteiger partial charge in [0, 0.05) is 23.4 Å². The summed E-state index contributed by atoms with van der Waals surface area (Å²) in [4.78, 5) is 23.0. The van der Waals surface area contributed by atoms with Crippen LogP contribution < -0.4 is 10.5 Å². The lowest BCUT2D eigenvalue weighted by atomic mass is 10.2. The molecule has 0 spiro atoms. The fourth-order valence-electron chi connectivity index (χ4n) is 2.60. The van der Waals surface area contributed by atoms with Gasteiger partial charge in [-0.05, 0) is 23.8 Å². The second-order valence-corrected chi connectivity index (χ2v) is 7.83. The van der Waals surface area contributed by atoms with E-state index >= 15 is 0 Å². The number of nitro groups is 1. The summed E-state index contributed by atoms with van der Waals surface area (Å²) in [5.41, 5.74) is 6.22. The third kappa shape index (κ3) is 6.61. The van der Waals surface area contributed by atoms with Crippen LogP contribution in [0.1, 0.15) is 21.5 Å². The minimum absolute atomic E-state index is 0.0645. The first-order valence-electron chi connectivity index (χ1n) is 9.33. The van der Waals surface area contributed by atoms with E-state index in [1.165, 1.54) is 30.0 Å². The van der Waals surface area contributed by atoms with Crippen molar-refractivity contribution in [3.63, 3.8) is 0 Å². The van der Waals surface area contributed by atoms with Crippen LogP contribution in [-0.2, 0) is 5.75 Å². The summed E-state index contributed by atoms with van der Waals surface area (Å²) < 4.78 is 19.3. The molecular weight excluding hydrogens is 471 g/mol. The molecule has 0 amide bonds. The molecule has 0 aliphatic heterocycles. The van der Waals surface area contributed by atoms with E-state index in [0.29, 0.717) is 5.75 Å². The molecule has 168 valence electrons. The number of thioether (sulfide) groups is 1. The van der Waals surface area contributed by atoms with Crippen molar-refractivity contribution in [3.05, 3.63) is 104 Å². The summed E-state index contributed by atoms with van der Waals surface area (Å²) in [7, 11) is 0. The molecule has 0 unspecified atom stereocenters. The van der Waals surface area contributed by atoms with Gasteiger partial charge in [0.05, 0.1) is 16.2 Å². The van der Waals surface area contributed by atoms with Gasteiger partial charge < -0.3 is 10.5 Å². The molecule has 0 saturated carbocycles. The van der Waals surface area contributed by atoms with Gasteiger partial charge in [-0.15, -0.1) is 5.10 Å². The highest BCUT2D eigenvalue weighted by Crippen LogP contribution is 2.26. The molecule has 2 N–H and O–H groups in total. The molecule has 0 radical (unpaired) electrons. The van der Waals surface area contributed by atoms with Crippen LogP contribution in [0.5, 0.6) is 5.75 Å². The topological polar surface area (TPSA) is 120 Å². The van der Waals surface area contributed by atoms with Crippen molar-refractivity contribution in [1.82, 2.24) is 0 Å². The van der Waals surface area contributed by atoms with Crippen molar-refractivity contribution in [2.24, 2.45) is 15.9 Å². The number of benzene rings is 3. The predicted molar refractivity (Wildman–Crippen MR) is 126 cm³/mol. The Morgan fingerprint density at radius 1 is 1.18 bits per heavy atom. The number of carbonyl (C=O) groups is 1. The summed E-state index contributed by atoms with van der Waals surface area (Å²) in [6.45, 7) is 0. The van der Waals surface area contributed by atoms with Gasteiger partial charge in [0.2, 0.25) is 0 Å². The molecule has 0 heterocycles. The number of nitrogens with zero attached hydrogens (tertiary/aromatic N) is 3. The number of carbonyl (C=O) groups excluding carboxylic acids is 1. The van der Waals surface area contributed by atoms with Crippen LogP contribution in [0.15, 0.2) is 76.9 Å². The van der Waals surface area contributed by atoms with Gasteiger partial charge in [0.15, 0.2) is 5.17 Å². The SMILES string of the molecule is NC(=NN=Cc1cc([N+](=O)[O-])ccc1OC(=O)c1c(F)cccc1Cl)SCc1ccccc1. The molecule has 3 rings (SSSR count).